The first-order chi connectivity index (χ1) is 11.6. The van der Waals surface area contributed by atoms with Crippen LogP contribution < -0.4 is 9.47 Å². The number of thiophene rings is 1. The summed E-state index contributed by atoms with van der Waals surface area (Å²) in [5.74, 6) is 1.68. The van der Waals surface area contributed by atoms with Gasteiger partial charge in [0.1, 0.15) is 5.03 Å². The Morgan fingerprint density at radius 3 is 2.79 bits per heavy atom. The van der Waals surface area contributed by atoms with E-state index in [-0.39, 0.29) is 5.89 Å². The van der Waals surface area contributed by atoms with Gasteiger partial charge in [-0.3, -0.25) is 0 Å². The zero-order chi connectivity index (χ0) is 17.1. The molecule has 2 heterocycles. The molecule has 0 amide bonds. The highest BCUT2D eigenvalue weighted by atomic mass is 35.5. The zero-order valence-electron chi connectivity index (χ0n) is 12.7. The smallest absolute Gasteiger partial charge is 0.269 e. The number of nitrogens with zero attached hydrogens (tertiary/aromatic N) is 2. The third kappa shape index (κ3) is 3.40. The molecular formula is C16H12Cl2N2O3S. The minimum atomic E-state index is 0.226. The topological polar surface area (TPSA) is 57.4 Å². The average molecular weight is 383 g/mol. The van der Waals surface area contributed by atoms with Gasteiger partial charge in [0.05, 0.1) is 19.2 Å². The molecule has 0 saturated heterocycles. The maximum Gasteiger partial charge on any atom is 0.269 e. The Kier molecular flexibility index (Phi) is 5.08. The molecule has 8 heteroatoms. The molecule has 0 aliphatic carbocycles. The summed E-state index contributed by atoms with van der Waals surface area (Å²) >= 11 is 14.0. The van der Waals surface area contributed by atoms with Crippen molar-refractivity contribution in [2.75, 3.05) is 14.2 Å². The molecule has 3 rings (SSSR count). The fourth-order valence-corrected chi connectivity index (χ4v) is 3.19. The molecule has 0 radical (unpaired) electrons. The third-order valence-corrected chi connectivity index (χ3v) is 4.39. The van der Waals surface area contributed by atoms with Crippen LogP contribution in [-0.4, -0.2) is 24.4 Å². The highest BCUT2D eigenvalue weighted by molar-refractivity contribution is 7.08. The highest BCUT2D eigenvalue weighted by Gasteiger charge is 2.14. The summed E-state index contributed by atoms with van der Waals surface area (Å²) in [5, 5.41) is 8.51. The number of hydrogen-bond acceptors (Lipinski definition) is 6. The Hall–Kier alpha value is -2.02. The quantitative estimate of drug-likeness (QED) is 0.606. The fourth-order valence-electron chi connectivity index (χ4n) is 2.06. The van der Waals surface area contributed by atoms with Crippen molar-refractivity contribution in [1.82, 2.24) is 10.1 Å². The van der Waals surface area contributed by atoms with Crippen molar-refractivity contribution < 1.29 is 14.0 Å². The maximum atomic E-state index is 6.29. The lowest BCUT2D eigenvalue weighted by Gasteiger charge is -2.10. The van der Waals surface area contributed by atoms with Gasteiger partial charge >= 0.3 is 0 Å². The third-order valence-electron chi connectivity index (χ3n) is 3.16. The van der Waals surface area contributed by atoms with Gasteiger partial charge in [0.2, 0.25) is 5.82 Å². The van der Waals surface area contributed by atoms with Gasteiger partial charge in [-0.15, -0.1) is 0 Å². The molecular weight excluding hydrogens is 371 g/mol. The van der Waals surface area contributed by atoms with Crippen LogP contribution in [0.2, 0.25) is 5.02 Å². The number of ether oxygens (including phenoxy) is 2. The molecule has 0 bridgehead atoms. The van der Waals surface area contributed by atoms with Gasteiger partial charge < -0.3 is 14.0 Å². The van der Waals surface area contributed by atoms with Crippen molar-refractivity contribution in [2.24, 2.45) is 0 Å². The van der Waals surface area contributed by atoms with E-state index in [1.807, 2.05) is 16.8 Å². The number of halogens is 2. The molecule has 124 valence electrons. The van der Waals surface area contributed by atoms with Crippen LogP contribution in [0.25, 0.3) is 22.5 Å². The second kappa shape index (κ2) is 7.25. The monoisotopic (exact) mass is 382 g/mol. The van der Waals surface area contributed by atoms with Crippen LogP contribution in [0.4, 0.5) is 0 Å². The predicted octanol–water partition coefficient (Wildman–Crippen LogP) is 5.21. The van der Waals surface area contributed by atoms with E-state index in [0.29, 0.717) is 27.4 Å². The van der Waals surface area contributed by atoms with Gasteiger partial charge in [0.15, 0.2) is 11.5 Å². The van der Waals surface area contributed by atoms with E-state index < -0.39 is 0 Å². The molecule has 0 N–H and O–H groups in total. The Morgan fingerprint density at radius 2 is 2.12 bits per heavy atom. The predicted molar refractivity (Wildman–Crippen MR) is 95.9 cm³/mol. The molecule has 0 aliphatic rings. The van der Waals surface area contributed by atoms with Crippen LogP contribution in [0.3, 0.4) is 0 Å². The summed E-state index contributed by atoms with van der Waals surface area (Å²) in [7, 11) is 3.06. The lowest BCUT2D eigenvalue weighted by atomic mass is 10.2. The number of aromatic nitrogens is 2. The first kappa shape index (κ1) is 16.8. The summed E-state index contributed by atoms with van der Waals surface area (Å²) < 4.78 is 15.7. The molecule has 5 nitrogen and oxygen atoms in total. The van der Waals surface area contributed by atoms with Crippen LogP contribution in [0.5, 0.6) is 11.5 Å². The van der Waals surface area contributed by atoms with Gasteiger partial charge in [-0.2, -0.15) is 16.3 Å². The molecule has 0 unspecified atom stereocenters. The van der Waals surface area contributed by atoms with Crippen LogP contribution in [0, 0.1) is 0 Å². The van der Waals surface area contributed by atoms with E-state index in [0.717, 1.165) is 11.1 Å². The second-order valence-corrected chi connectivity index (χ2v) is 6.26. The minimum Gasteiger partial charge on any atom is -0.493 e. The molecule has 3 aromatic rings. The van der Waals surface area contributed by atoms with Crippen LogP contribution in [0.15, 0.2) is 33.5 Å². The summed E-state index contributed by atoms with van der Waals surface area (Å²) in [5.41, 5.74) is 1.60. The van der Waals surface area contributed by atoms with Crippen molar-refractivity contribution in [2.45, 2.75) is 0 Å². The minimum absolute atomic E-state index is 0.226. The standard InChI is InChI=1S/C16H12Cl2N2O3S/c1-21-13-7-9(5-11(17)14(13)22-2)6-12(18)16-19-15(20-23-16)10-3-4-24-8-10/h3-8H,1-2H3/b12-6-. The van der Waals surface area contributed by atoms with Gasteiger partial charge in [-0.1, -0.05) is 28.4 Å². The van der Waals surface area contributed by atoms with Gasteiger partial charge in [0.25, 0.3) is 5.89 Å². The molecule has 2 aromatic heterocycles. The Balaban J connectivity index is 1.92. The summed E-state index contributed by atoms with van der Waals surface area (Å²) in [6.45, 7) is 0. The molecule has 0 aliphatic heterocycles. The maximum absolute atomic E-state index is 6.29. The van der Waals surface area contributed by atoms with E-state index in [2.05, 4.69) is 10.1 Å². The normalized spacial score (nSPS) is 11.6. The molecule has 1 aromatic carbocycles. The van der Waals surface area contributed by atoms with Crippen LogP contribution >= 0.6 is 34.5 Å². The lowest BCUT2D eigenvalue weighted by Crippen LogP contribution is -1.92. The van der Waals surface area contributed by atoms with Crippen LogP contribution in [0.1, 0.15) is 11.5 Å². The lowest BCUT2D eigenvalue weighted by molar-refractivity contribution is 0.355. The van der Waals surface area contributed by atoms with Gasteiger partial charge in [-0.05, 0) is 35.2 Å². The molecule has 0 spiro atoms. The Labute approximate surface area is 152 Å². The largest absolute Gasteiger partial charge is 0.493 e. The zero-order valence-corrected chi connectivity index (χ0v) is 15.1. The van der Waals surface area contributed by atoms with Gasteiger partial charge in [-0.25, -0.2) is 0 Å². The van der Waals surface area contributed by atoms with E-state index in [4.69, 9.17) is 37.2 Å². The molecule has 0 saturated carbocycles. The SMILES string of the molecule is COc1cc(/C=C(\Cl)c2nc(-c3ccsc3)no2)cc(Cl)c1OC. The van der Waals surface area contributed by atoms with Crippen LogP contribution in [-0.2, 0) is 0 Å². The average Bonchev–Trinajstić information content (AvgIpc) is 3.25. The molecule has 0 fully saturated rings. The fraction of sp³-hybridized carbons (Fsp3) is 0.125. The van der Waals surface area contributed by atoms with Gasteiger partial charge in [0, 0.05) is 10.9 Å². The Morgan fingerprint density at radius 1 is 1.29 bits per heavy atom. The van der Waals surface area contributed by atoms with Crippen molar-refractivity contribution in [3.8, 4) is 22.9 Å². The highest BCUT2D eigenvalue weighted by Crippen LogP contribution is 2.37. The van der Waals surface area contributed by atoms with E-state index in [9.17, 15) is 0 Å². The summed E-state index contributed by atoms with van der Waals surface area (Å²) in [4.78, 5) is 4.29. The van der Waals surface area contributed by atoms with E-state index >= 15 is 0 Å². The number of rotatable bonds is 5. The molecule has 0 atom stereocenters. The van der Waals surface area contributed by atoms with E-state index in [1.54, 1.807) is 29.5 Å². The second-order valence-electron chi connectivity index (χ2n) is 4.67. The van der Waals surface area contributed by atoms with Crippen molar-refractivity contribution >= 4 is 45.6 Å². The first-order valence-corrected chi connectivity index (χ1v) is 8.47. The van der Waals surface area contributed by atoms with Crippen molar-refractivity contribution in [3.63, 3.8) is 0 Å². The van der Waals surface area contributed by atoms with Crippen molar-refractivity contribution in [1.29, 1.82) is 0 Å². The number of hydrogen-bond donors (Lipinski definition) is 0. The van der Waals surface area contributed by atoms with E-state index in [1.165, 1.54) is 14.2 Å². The number of benzene rings is 1. The summed E-state index contributed by atoms with van der Waals surface area (Å²) in [6.07, 6.45) is 1.67. The summed E-state index contributed by atoms with van der Waals surface area (Å²) in [6, 6.07) is 5.37. The molecule has 24 heavy (non-hydrogen) atoms. The first-order valence-electron chi connectivity index (χ1n) is 6.77. The Bertz CT molecular complexity index is 876. The number of methoxy groups -OCH3 is 2. The van der Waals surface area contributed by atoms with Crippen molar-refractivity contribution in [3.05, 3.63) is 45.4 Å².